The summed E-state index contributed by atoms with van der Waals surface area (Å²) in [6.45, 7) is 0.639. The number of nitro groups is 1. The third-order valence-electron chi connectivity index (χ3n) is 2.71. The molecule has 0 spiro atoms. The first kappa shape index (κ1) is 13.8. The van der Waals surface area contributed by atoms with Gasteiger partial charge in [-0.15, -0.1) is 0 Å². The molecule has 19 heavy (non-hydrogen) atoms. The molecule has 0 saturated carbocycles. The van der Waals surface area contributed by atoms with Crippen LogP contribution in [0.4, 0.5) is 10.1 Å². The van der Waals surface area contributed by atoms with Crippen molar-refractivity contribution in [2.24, 2.45) is 0 Å². The van der Waals surface area contributed by atoms with Gasteiger partial charge in [0.1, 0.15) is 10.7 Å². The van der Waals surface area contributed by atoms with Crippen LogP contribution in [0.5, 0.6) is 0 Å². The molecular formula is C10H11FN2O5S. The average molecular weight is 290 g/mol. The maximum Gasteiger partial charge on any atom is 0.270 e. The first-order valence-electron chi connectivity index (χ1n) is 5.45. The molecule has 2 rings (SSSR count). The molecule has 0 unspecified atom stereocenters. The highest BCUT2D eigenvalue weighted by atomic mass is 32.2. The van der Waals surface area contributed by atoms with Crippen molar-refractivity contribution in [2.75, 3.05) is 26.3 Å². The zero-order chi connectivity index (χ0) is 14.0. The van der Waals surface area contributed by atoms with E-state index < -0.39 is 31.3 Å². The van der Waals surface area contributed by atoms with Gasteiger partial charge in [-0.25, -0.2) is 12.8 Å². The average Bonchev–Trinajstić information content (AvgIpc) is 2.39. The highest BCUT2D eigenvalue weighted by molar-refractivity contribution is 7.89. The minimum atomic E-state index is -4.07. The molecule has 1 aromatic rings. The Hall–Kier alpha value is -1.58. The Bertz CT molecular complexity index is 598. The molecule has 0 bridgehead atoms. The molecule has 0 atom stereocenters. The lowest BCUT2D eigenvalue weighted by Crippen LogP contribution is -2.40. The second kappa shape index (κ2) is 5.19. The second-order valence-electron chi connectivity index (χ2n) is 3.89. The summed E-state index contributed by atoms with van der Waals surface area (Å²) in [5.74, 6) is -1.00. The van der Waals surface area contributed by atoms with Gasteiger partial charge in [0, 0.05) is 25.2 Å². The van der Waals surface area contributed by atoms with Crippen LogP contribution in [0.3, 0.4) is 0 Å². The normalized spacial score (nSPS) is 17.3. The first-order valence-corrected chi connectivity index (χ1v) is 6.89. The van der Waals surface area contributed by atoms with Gasteiger partial charge in [-0.05, 0) is 6.07 Å². The van der Waals surface area contributed by atoms with Crippen LogP contribution in [0.25, 0.3) is 0 Å². The van der Waals surface area contributed by atoms with Crippen molar-refractivity contribution in [3.05, 3.63) is 34.1 Å². The Labute approximate surface area is 108 Å². The lowest BCUT2D eigenvalue weighted by molar-refractivity contribution is -0.385. The number of morpholine rings is 1. The van der Waals surface area contributed by atoms with Gasteiger partial charge in [0.05, 0.1) is 18.1 Å². The Kier molecular flexibility index (Phi) is 3.78. The summed E-state index contributed by atoms with van der Waals surface area (Å²) in [6.07, 6.45) is 0. The van der Waals surface area contributed by atoms with E-state index in [0.717, 1.165) is 22.5 Å². The Morgan fingerprint density at radius 3 is 2.53 bits per heavy atom. The monoisotopic (exact) mass is 290 g/mol. The molecule has 0 radical (unpaired) electrons. The van der Waals surface area contributed by atoms with Gasteiger partial charge >= 0.3 is 0 Å². The van der Waals surface area contributed by atoms with Gasteiger partial charge in [0.2, 0.25) is 10.0 Å². The number of non-ortho nitro benzene ring substituents is 1. The third-order valence-corrected chi connectivity index (χ3v) is 4.63. The van der Waals surface area contributed by atoms with E-state index in [1.54, 1.807) is 0 Å². The SMILES string of the molecule is O=[N+]([O-])c1ccc(F)c(S(=O)(=O)N2CCOCC2)c1. The van der Waals surface area contributed by atoms with Crippen LogP contribution in [0.2, 0.25) is 0 Å². The quantitative estimate of drug-likeness (QED) is 0.605. The van der Waals surface area contributed by atoms with Gasteiger partial charge < -0.3 is 4.74 Å². The molecule has 7 nitrogen and oxygen atoms in total. The molecular weight excluding hydrogens is 279 g/mol. The number of halogens is 1. The molecule has 1 aliphatic heterocycles. The number of benzene rings is 1. The lowest BCUT2D eigenvalue weighted by atomic mass is 10.3. The lowest BCUT2D eigenvalue weighted by Gasteiger charge is -2.26. The predicted octanol–water partition coefficient (Wildman–Crippen LogP) is 0.755. The number of rotatable bonds is 3. The minimum absolute atomic E-state index is 0.102. The van der Waals surface area contributed by atoms with Crippen molar-refractivity contribution >= 4 is 15.7 Å². The fraction of sp³-hybridized carbons (Fsp3) is 0.400. The highest BCUT2D eigenvalue weighted by Crippen LogP contribution is 2.24. The minimum Gasteiger partial charge on any atom is -0.379 e. The number of nitro benzene ring substituents is 1. The summed E-state index contributed by atoms with van der Waals surface area (Å²) in [6, 6.07) is 2.44. The standard InChI is InChI=1S/C10H11FN2O5S/c11-9-2-1-8(13(14)15)7-10(9)19(16,17)12-3-5-18-6-4-12/h1-2,7H,3-6H2. The van der Waals surface area contributed by atoms with E-state index >= 15 is 0 Å². The summed E-state index contributed by atoms with van der Waals surface area (Å²) in [4.78, 5) is 9.18. The summed E-state index contributed by atoms with van der Waals surface area (Å²) in [7, 11) is -4.07. The zero-order valence-corrected chi connectivity index (χ0v) is 10.6. The van der Waals surface area contributed by atoms with Crippen LogP contribution in [-0.2, 0) is 14.8 Å². The molecule has 1 saturated heterocycles. The van der Waals surface area contributed by atoms with Crippen LogP contribution in [-0.4, -0.2) is 43.9 Å². The molecule has 1 fully saturated rings. The molecule has 0 aliphatic carbocycles. The maximum absolute atomic E-state index is 13.6. The molecule has 1 aromatic carbocycles. The fourth-order valence-corrected chi connectivity index (χ4v) is 3.22. The number of nitrogens with zero attached hydrogens (tertiary/aromatic N) is 2. The van der Waals surface area contributed by atoms with E-state index in [1.807, 2.05) is 0 Å². The van der Waals surface area contributed by atoms with Crippen molar-refractivity contribution in [2.45, 2.75) is 4.90 Å². The number of hydrogen-bond acceptors (Lipinski definition) is 5. The van der Waals surface area contributed by atoms with Crippen molar-refractivity contribution in [1.82, 2.24) is 4.31 Å². The van der Waals surface area contributed by atoms with E-state index in [4.69, 9.17) is 4.74 Å². The molecule has 104 valence electrons. The van der Waals surface area contributed by atoms with Crippen molar-refractivity contribution in [3.8, 4) is 0 Å². The van der Waals surface area contributed by atoms with Gasteiger partial charge in [-0.3, -0.25) is 10.1 Å². The first-order chi connectivity index (χ1) is 8.93. The topological polar surface area (TPSA) is 89.8 Å². The van der Waals surface area contributed by atoms with Crippen LogP contribution >= 0.6 is 0 Å². The van der Waals surface area contributed by atoms with Crippen LogP contribution < -0.4 is 0 Å². The maximum atomic E-state index is 13.6. The third kappa shape index (κ3) is 2.72. The smallest absolute Gasteiger partial charge is 0.270 e. The number of hydrogen-bond donors (Lipinski definition) is 0. The summed E-state index contributed by atoms with van der Waals surface area (Å²) in [5.41, 5.74) is -0.465. The second-order valence-corrected chi connectivity index (χ2v) is 5.79. The van der Waals surface area contributed by atoms with E-state index in [-0.39, 0.29) is 26.3 Å². The zero-order valence-electron chi connectivity index (χ0n) is 9.78. The molecule has 0 amide bonds. The van der Waals surface area contributed by atoms with Crippen molar-refractivity contribution < 1.29 is 22.5 Å². The van der Waals surface area contributed by atoms with Crippen molar-refractivity contribution in [1.29, 1.82) is 0 Å². The largest absolute Gasteiger partial charge is 0.379 e. The van der Waals surface area contributed by atoms with Crippen LogP contribution in [0.1, 0.15) is 0 Å². The molecule has 9 heteroatoms. The Morgan fingerprint density at radius 2 is 1.95 bits per heavy atom. The summed E-state index contributed by atoms with van der Waals surface area (Å²) in [5, 5.41) is 10.6. The molecule has 0 N–H and O–H groups in total. The van der Waals surface area contributed by atoms with E-state index in [2.05, 4.69) is 0 Å². The molecule has 1 aliphatic rings. The Balaban J connectivity index is 2.44. The van der Waals surface area contributed by atoms with Crippen LogP contribution in [0, 0.1) is 15.9 Å². The molecule has 1 heterocycles. The Morgan fingerprint density at radius 1 is 1.32 bits per heavy atom. The van der Waals surface area contributed by atoms with Gasteiger partial charge in [0.25, 0.3) is 5.69 Å². The van der Waals surface area contributed by atoms with Crippen molar-refractivity contribution in [3.63, 3.8) is 0 Å². The molecule has 0 aromatic heterocycles. The fourth-order valence-electron chi connectivity index (χ4n) is 1.73. The predicted molar refractivity (Wildman–Crippen MR) is 62.6 cm³/mol. The highest BCUT2D eigenvalue weighted by Gasteiger charge is 2.30. The number of ether oxygens (including phenoxy) is 1. The van der Waals surface area contributed by atoms with Gasteiger partial charge in [-0.1, -0.05) is 0 Å². The summed E-state index contributed by atoms with van der Waals surface area (Å²) < 4.78 is 44.1. The van der Waals surface area contributed by atoms with Crippen LogP contribution in [0.15, 0.2) is 23.1 Å². The van der Waals surface area contributed by atoms with E-state index in [0.29, 0.717) is 0 Å². The van der Waals surface area contributed by atoms with Gasteiger partial charge in [-0.2, -0.15) is 4.31 Å². The number of sulfonamides is 1. The van der Waals surface area contributed by atoms with E-state index in [9.17, 15) is 22.9 Å². The van der Waals surface area contributed by atoms with Gasteiger partial charge in [0.15, 0.2) is 0 Å². The summed E-state index contributed by atoms with van der Waals surface area (Å²) >= 11 is 0. The van der Waals surface area contributed by atoms with E-state index in [1.165, 1.54) is 0 Å².